The largest absolute Gasteiger partial charge is 0.457 e. The van der Waals surface area contributed by atoms with Gasteiger partial charge in [-0.05, 0) is 65.6 Å². The molecule has 0 spiro atoms. The molecule has 4 heterocycles. The van der Waals surface area contributed by atoms with Crippen molar-refractivity contribution in [1.29, 1.82) is 0 Å². The van der Waals surface area contributed by atoms with Gasteiger partial charge in [0.1, 0.15) is 54.6 Å². The number of amides is 1. The fraction of sp³-hybridized carbons (Fsp3) is 0.902. The van der Waals surface area contributed by atoms with E-state index in [4.69, 9.17) is 56.8 Å². The van der Waals surface area contributed by atoms with E-state index in [0.717, 1.165) is 124 Å². The maximum atomic E-state index is 12.7. The summed E-state index contributed by atoms with van der Waals surface area (Å²) in [5.74, 6) is -2.68. The van der Waals surface area contributed by atoms with Gasteiger partial charge in [-0.25, -0.2) is 0 Å². The third kappa shape index (κ3) is 28.2. The van der Waals surface area contributed by atoms with Crippen LogP contribution < -0.4 is 5.32 Å². The van der Waals surface area contributed by atoms with Crippen LogP contribution >= 0.6 is 0 Å². The van der Waals surface area contributed by atoms with Crippen molar-refractivity contribution >= 4 is 35.6 Å². The van der Waals surface area contributed by atoms with Gasteiger partial charge in [-0.2, -0.15) is 0 Å². The van der Waals surface area contributed by atoms with Crippen LogP contribution in [0.15, 0.2) is 0 Å². The van der Waals surface area contributed by atoms with Crippen molar-refractivity contribution in [2.45, 2.75) is 299 Å². The fourth-order valence-corrected chi connectivity index (χ4v) is 11.1. The first kappa shape index (κ1) is 75.9. The summed E-state index contributed by atoms with van der Waals surface area (Å²) in [6.07, 6.45) is -5.61. The van der Waals surface area contributed by atoms with Crippen molar-refractivity contribution in [2.24, 2.45) is 0 Å². The third-order valence-electron chi connectivity index (χ3n) is 15.8. The zero-order chi connectivity index (χ0) is 63.8. The molecule has 0 aromatic carbocycles. The van der Waals surface area contributed by atoms with Crippen LogP contribution in [0.25, 0.3) is 0 Å². The molecule has 0 aliphatic carbocycles. The molecule has 4 rings (SSSR count). The van der Waals surface area contributed by atoms with Gasteiger partial charge >= 0.3 is 23.9 Å². The Balaban J connectivity index is 1.23. The summed E-state index contributed by atoms with van der Waals surface area (Å²) in [5, 5.41) is 71.2. The van der Waals surface area contributed by atoms with Crippen molar-refractivity contribution in [3.05, 3.63) is 0 Å². The van der Waals surface area contributed by atoms with Gasteiger partial charge < -0.3 is 97.7 Å². The third-order valence-corrected chi connectivity index (χ3v) is 15.8. The number of aliphatic hydroxyl groups excluding tert-OH is 6. The Morgan fingerprint density at radius 1 is 0.471 bits per heavy atom. The number of nitrogens with zero attached hydrogens (tertiary/aromatic N) is 1. The molecule has 504 valence electrons. The molecule has 16 unspecified atom stereocenters. The maximum absolute atomic E-state index is 12.7. The van der Waals surface area contributed by atoms with Crippen LogP contribution in [0.4, 0.5) is 0 Å². The molecule has 0 bridgehead atoms. The molecule has 4 aliphatic heterocycles. The summed E-state index contributed by atoms with van der Waals surface area (Å²) in [5.41, 5.74) is 0. The Morgan fingerprint density at radius 2 is 0.931 bits per heavy atom. The molecule has 18 atom stereocenters. The number of rotatable bonds is 42. The lowest BCUT2D eigenvalue weighted by molar-refractivity contribution is -0.379. The SMILES string of the molecule is CCC[C@H](OC1OCC(O)C(OC2OCC(OC3OCC(OC(C)=O)C(OC(C)=O)C3OC(C)=O)C(O)C2O)C1OC1OCC(OC(C)=O)C(O)C1O)[C@@H](O)CCCCCCCC(=O)CCCCCCCCCCCCC(=O)NCCCCCN(C)C. The van der Waals surface area contributed by atoms with Gasteiger partial charge in [0.05, 0.1) is 38.6 Å². The number of hydrogen-bond donors (Lipinski definition) is 7. The Morgan fingerprint density at radius 3 is 1.49 bits per heavy atom. The van der Waals surface area contributed by atoms with Gasteiger partial charge in [0, 0.05) is 53.5 Å². The first-order valence-electron chi connectivity index (χ1n) is 31.9. The van der Waals surface area contributed by atoms with Crippen LogP contribution in [0.3, 0.4) is 0 Å². The molecule has 87 heavy (non-hydrogen) atoms. The molecule has 0 radical (unpaired) electrons. The highest BCUT2D eigenvalue weighted by molar-refractivity contribution is 5.78. The molecule has 26 heteroatoms. The van der Waals surface area contributed by atoms with Crippen LogP contribution in [-0.2, 0) is 85.6 Å². The normalized spacial score (nSPS) is 30.0. The van der Waals surface area contributed by atoms with Crippen molar-refractivity contribution in [3.8, 4) is 0 Å². The molecular formula is C61H106N2O24. The summed E-state index contributed by atoms with van der Waals surface area (Å²) in [7, 11) is 4.15. The van der Waals surface area contributed by atoms with Gasteiger partial charge in [0.2, 0.25) is 5.91 Å². The fourth-order valence-electron chi connectivity index (χ4n) is 11.1. The number of carbonyl (C=O) groups excluding carboxylic acids is 6. The van der Waals surface area contributed by atoms with Crippen LogP contribution in [0, 0.1) is 0 Å². The molecule has 0 saturated carbocycles. The quantitative estimate of drug-likeness (QED) is 0.0261. The van der Waals surface area contributed by atoms with E-state index >= 15 is 0 Å². The van der Waals surface area contributed by atoms with Crippen LogP contribution in [-0.4, -0.2) is 235 Å². The number of aliphatic hydroxyl groups is 6. The number of carbonyl (C=O) groups is 6. The van der Waals surface area contributed by atoms with E-state index in [9.17, 15) is 59.4 Å². The number of ether oxygens (including phenoxy) is 12. The topological polar surface area (TPSA) is 350 Å². The molecular weight excluding hydrogens is 1140 g/mol. The first-order valence-corrected chi connectivity index (χ1v) is 31.9. The molecule has 0 aromatic heterocycles. The lowest BCUT2D eigenvalue weighted by Gasteiger charge is -2.47. The zero-order valence-electron chi connectivity index (χ0n) is 52.6. The summed E-state index contributed by atoms with van der Waals surface area (Å²) in [6.45, 7) is 6.39. The minimum absolute atomic E-state index is 0.167. The first-order chi connectivity index (χ1) is 41.6. The highest BCUT2D eigenvalue weighted by Crippen LogP contribution is 2.34. The van der Waals surface area contributed by atoms with Crippen molar-refractivity contribution in [2.75, 3.05) is 53.6 Å². The predicted octanol–water partition coefficient (Wildman–Crippen LogP) is 3.47. The molecule has 7 N–H and O–H groups in total. The van der Waals surface area contributed by atoms with E-state index in [0.29, 0.717) is 44.9 Å². The zero-order valence-corrected chi connectivity index (χ0v) is 52.6. The Labute approximate surface area is 513 Å². The average Bonchev–Trinajstić information content (AvgIpc) is 0.991. The van der Waals surface area contributed by atoms with Gasteiger partial charge in [-0.1, -0.05) is 96.8 Å². The second-order valence-corrected chi connectivity index (χ2v) is 23.8. The number of nitrogens with one attached hydrogen (secondary N) is 1. The lowest BCUT2D eigenvalue weighted by atomic mass is 9.99. The molecule has 1 amide bonds. The molecule has 0 aromatic rings. The monoisotopic (exact) mass is 1250 g/mol. The highest BCUT2D eigenvalue weighted by Gasteiger charge is 2.54. The van der Waals surface area contributed by atoms with E-state index in [1.54, 1.807) is 0 Å². The number of ketones is 1. The number of esters is 4. The summed E-state index contributed by atoms with van der Waals surface area (Å²) >= 11 is 0. The Hall–Kier alpha value is -3.58. The Bertz CT molecular complexity index is 1990. The minimum atomic E-state index is -1.93. The number of unbranched alkanes of at least 4 members (excludes halogenated alkanes) is 15. The van der Waals surface area contributed by atoms with Crippen molar-refractivity contribution < 1.29 is 116 Å². The standard InChI is InChI=1S/C61H106N2O24/c1-8-27-45(43(69)30-23-18-15-17-22-29-42(68)28-21-16-13-11-9-10-12-14-19-24-31-49(71)62-32-25-20-26-33-63(6)7)84-60-56(87-59-52(74)50(72)46(35-77-59)80-38(2)64)54(44(70)34-76-60)86-58-53(75)51(73)47(36-78-58)85-61-57(83-41(5)67)55(82-40(4)66)48(37-79-61)81-39(3)65/h43-48,50-61,69-70,72-75H,8-37H2,1-7H3,(H,62,71)/t43-,44?,45-,46?,47?,48?,50?,51?,52?,53?,54?,55?,56?,57?,58?,59?,60?,61?/m0/s1. The second kappa shape index (κ2) is 41.7. The van der Waals surface area contributed by atoms with Gasteiger partial charge in [-0.15, -0.1) is 0 Å². The van der Waals surface area contributed by atoms with Crippen LogP contribution in [0.2, 0.25) is 0 Å². The lowest BCUT2D eigenvalue weighted by Crippen LogP contribution is -2.64. The molecule has 4 fully saturated rings. The van der Waals surface area contributed by atoms with Crippen LogP contribution in [0.1, 0.15) is 189 Å². The predicted molar refractivity (Wildman–Crippen MR) is 310 cm³/mol. The van der Waals surface area contributed by atoms with Crippen molar-refractivity contribution in [3.63, 3.8) is 0 Å². The maximum Gasteiger partial charge on any atom is 0.303 e. The van der Waals surface area contributed by atoms with Gasteiger partial charge in [0.25, 0.3) is 0 Å². The summed E-state index contributed by atoms with van der Waals surface area (Å²) in [6, 6.07) is 0. The average molecular weight is 1250 g/mol. The van der Waals surface area contributed by atoms with Crippen LogP contribution in [0.5, 0.6) is 0 Å². The highest BCUT2D eigenvalue weighted by atomic mass is 16.8. The molecule has 4 saturated heterocycles. The Kier molecular flexibility index (Phi) is 36.4. The van der Waals surface area contributed by atoms with Gasteiger partial charge in [-0.3, -0.25) is 28.8 Å². The number of hydrogen-bond acceptors (Lipinski definition) is 25. The number of Topliss-reactive ketones (excluding diaryl/α,β-unsaturated/α-hetero) is 1. The minimum Gasteiger partial charge on any atom is -0.457 e. The van der Waals surface area contributed by atoms with Gasteiger partial charge in [0.15, 0.2) is 49.6 Å². The smallest absolute Gasteiger partial charge is 0.303 e. The molecule has 26 nitrogen and oxygen atoms in total. The van der Waals surface area contributed by atoms with E-state index < -0.39 is 154 Å². The van der Waals surface area contributed by atoms with E-state index in [-0.39, 0.29) is 18.3 Å². The summed E-state index contributed by atoms with van der Waals surface area (Å²) < 4.78 is 69.2. The van der Waals surface area contributed by atoms with Crippen molar-refractivity contribution in [1.82, 2.24) is 10.2 Å². The second-order valence-electron chi connectivity index (χ2n) is 23.8. The van der Waals surface area contributed by atoms with E-state index in [1.807, 2.05) is 6.92 Å². The van der Waals surface area contributed by atoms with E-state index in [1.165, 1.54) is 25.7 Å². The summed E-state index contributed by atoms with van der Waals surface area (Å²) in [4.78, 5) is 74.9. The van der Waals surface area contributed by atoms with E-state index in [2.05, 4.69) is 24.3 Å². The molecule has 4 aliphatic rings.